The number of carbonyl (C=O) groups excluding carboxylic acids is 2. The lowest BCUT2D eigenvalue weighted by Crippen LogP contribution is -2.48. The minimum Gasteiger partial charge on any atom is -0.480 e. The summed E-state index contributed by atoms with van der Waals surface area (Å²) >= 11 is 5.99. The fourth-order valence-corrected chi connectivity index (χ4v) is 4.57. The van der Waals surface area contributed by atoms with Crippen molar-refractivity contribution in [2.24, 2.45) is 5.73 Å². The van der Waals surface area contributed by atoms with Gasteiger partial charge in [-0.15, -0.1) is 0 Å². The van der Waals surface area contributed by atoms with E-state index in [4.69, 9.17) is 17.3 Å². The Hall–Kier alpha value is -3.96. The van der Waals surface area contributed by atoms with Crippen LogP contribution < -0.4 is 11.2 Å². The molecular weight excluding hydrogens is 462 g/mol. The molecule has 5 rings (SSSR count). The van der Waals surface area contributed by atoms with E-state index in [1.807, 2.05) is 0 Å². The van der Waals surface area contributed by atoms with Crippen LogP contribution in [0.5, 0.6) is 0 Å². The van der Waals surface area contributed by atoms with Crippen LogP contribution >= 0.6 is 11.6 Å². The zero-order valence-corrected chi connectivity index (χ0v) is 18.5. The first-order valence-corrected chi connectivity index (χ1v) is 10.9. The molecule has 3 heterocycles. The number of hydrogen-bond donors (Lipinski definition) is 4. The summed E-state index contributed by atoms with van der Waals surface area (Å²) in [7, 11) is 0. The normalized spacial score (nSPS) is 18.8. The number of benzene rings is 2. The molecule has 2 amide bonds. The SMILES string of the molecule is NC(=O)C(c1ccc(Cl)cc1)N1NC(C(=O)O)C2=C1CN(C(=O)c1ccc3n[nH]nc3c1)CC2. The van der Waals surface area contributed by atoms with Gasteiger partial charge in [-0.3, -0.25) is 19.4 Å². The molecule has 0 saturated carbocycles. The van der Waals surface area contributed by atoms with Crippen molar-refractivity contribution in [1.29, 1.82) is 0 Å². The molecule has 3 aromatic rings. The van der Waals surface area contributed by atoms with Gasteiger partial charge in [0.1, 0.15) is 23.1 Å². The third-order valence-electron chi connectivity index (χ3n) is 6.08. The summed E-state index contributed by atoms with van der Waals surface area (Å²) in [6.45, 7) is 0.440. The van der Waals surface area contributed by atoms with E-state index in [1.165, 1.54) is 5.01 Å². The maximum absolute atomic E-state index is 13.3. The molecule has 2 unspecified atom stereocenters. The second-order valence-corrected chi connectivity index (χ2v) is 8.54. The van der Waals surface area contributed by atoms with Gasteiger partial charge in [0.2, 0.25) is 5.91 Å². The number of nitrogens with zero attached hydrogens (tertiary/aromatic N) is 4. The second kappa shape index (κ2) is 8.43. The third-order valence-corrected chi connectivity index (χ3v) is 6.33. The molecule has 0 aliphatic carbocycles. The number of fused-ring (bicyclic) bond motifs is 1. The number of aromatic amines is 1. The van der Waals surface area contributed by atoms with Crippen LogP contribution in [0.1, 0.15) is 28.4 Å². The average Bonchev–Trinajstić information content (AvgIpc) is 3.44. The number of aromatic nitrogens is 3. The molecule has 34 heavy (non-hydrogen) atoms. The lowest BCUT2D eigenvalue weighted by atomic mass is 9.98. The first-order valence-electron chi connectivity index (χ1n) is 10.5. The molecule has 11 nitrogen and oxygen atoms in total. The highest BCUT2D eigenvalue weighted by Gasteiger charge is 2.43. The number of amides is 2. The highest BCUT2D eigenvalue weighted by Crippen LogP contribution is 2.35. The molecule has 0 saturated heterocycles. The predicted molar refractivity (Wildman–Crippen MR) is 121 cm³/mol. The monoisotopic (exact) mass is 481 g/mol. The van der Waals surface area contributed by atoms with E-state index in [1.54, 1.807) is 47.4 Å². The summed E-state index contributed by atoms with van der Waals surface area (Å²) in [5.41, 5.74) is 12.0. The van der Waals surface area contributed by atoms with E-state index < -0.39 is 24.0 Å². The van der Waals surface area contributed by atoms with Crippen molar-refractivity contribution in [3.8, 4) is 0 Å². The Bertz CT molecular complexity index is 1340. The minimum absolute atomic E-state index is 0.110. The van der Waals surface area contributed by atoms with Crippen LogP contribution in [0.3, 0.4) is 0 Å². The van der Waals surface area contributed by atoms with Crippen LogP contribution in [0.4, 0.5) is 0 Å². The molecule has 5 N–H and O–H groups in total. The van der Waals surface area contributed by atoms with Gasteiger partial charge < -0.3 is 15.7 Å². The van der Waals surface area contributed by atoms with Gasteiger partial charge in [-0.05, 0) is 47.9 Å². The smallest absolute Gasteiger partial charge is 0.326 e. The van der Waals surface area contributed by atoms with E-state index in [9.17, 15) is 19.5 Å². The number of carbonyl (C=O) groups is 3. The number of hydrazine groups is 1. The van der Waals surface area contributed by atoms with Crippen LogP contribution in [-0.4, -0.2) is 67.3 Å². The minimum atomic E-state index is -1.08. The quantitative estimate of drug-likeness (QED) is 0.423. The molecule has 2 aliphatic rings. The summed E-state index contributed by atoms with van der Waals surface area (Å²) in [4.78, 5) is 39.3. The molecule has 174 valence electrons. The van der Waals surface area contributed by atoms with Gasteiger partial charge in [-0.2, -0.15) is 15.4 Å². The number of H-pyrrole nitrogens is 1. The van der Waals surface area contributed by atoms with Crippen molar-refractivity contribution in [3.63, 3.8) is 0 Å². The number of halogens is 1. The van der Waals surface area contributed by atoms with E-state index in [2.05, 4.69) is 20.8 Å². The van der Waals surface area contributed by atoms with Gasteiger partial charge in [-0.1, -0.05) is 23.7 Å². The first-order chi connectivity index (χ1) is 16.3. The van der Waals surface area contributed by atoms with Crippen molar-refractivity contribution in [2.45, 2.75) is 18.5 Å². The Morgan fingerprint density at radius 2 is 1.85 bits per heavy atom. The maximum atomic E-state index is 13.3. The van der Waals surface area contributed by atoms with Gasteiger partial charge in [0.05, 0.1) is 12.2 Å². The van der Waals surface area contributed by atoms with Crippen LogP contribution in [0, 0.1) is 0 Å². The largest absolute Gasteiger partial charge is 0.480 e. The summed E-state index contributed by atoms with van der Waals surface area (Å²) in [5.74, 6) is -1.99. The number of aliphatic carboxylic acids is 1. The van der Waals surface area contributed by atoms with Gasteiger partial charge in [0.25, 0.3) is 5.91 Å². The van der Waals surface area contributed by atoms with Crippen molar-refractivity contribution >= 4 is 40.4 Å². The molecule has 12 heteroatoms. The summed E-state index contributed by atoms with van der Waals surface area (Å²) in [6, 6.07) is 9.58. The fourth-order valence-electron chi connectivity index (χ4n) is 4.45. The van der Waals surface area contributed by atoms with Gasteiger partial charge >= 0.3 is 5.97 Å². The molecule has 0 radical (unpaired) electrons. The highest BCUT2D eigenvalue weighted by atomic mass is 35.5. The number of nitrogens with one attached hydrogen (secondary N) is 2. The molecule has 0 spiro atoms. The number of nitrogens with two attached hydrogens (primary N) is 1. The lowest BCUT2D eigenvalue weighted by molar-refractivity contribution is -0.140. The van der Waals surface area contributed by atoms with Crippen LogP contribution in [0.15, 0.2) is 53.7 Å². The fraction of sp³-hybridized carbons (Fsp3) is 0.227. The number of hydrogen-bond acceptors (Lipinski definition) is 7. The van der Waals surface area contributed by atoms with Gasteiger partial charge in [-0.25, -0.2) is 5.43 Å². The molecular formula is C22H20ClN7O4. The summed E-state index contributed by atoms with van der Waals surface area (Å²) < 4.78 is 0. The molecule has 1 aromatic heterocycles. The zero-order chi connectivity index (χ0) is 24.0. The number of rotatable bonds is 5. The Labute approximate surface area is 198 Å². The topological polar surface area (TPSA) is 158 Å². The lowest BCUT2D eigenvalue weighted by Gasteiger charge is -2.35. The van der Waals surface area contributed by atoms with Crippen LogP contribution in [0.2, 0.25) is 5.02 Å². The van der Waals surface area contributed by atoms with Gasteiger partial charge in [0, 0.05) is 17.1 Å². The zero-order valence-electron chi connectivity index (χ0n) is 17.7. The molecule has 2 atom stereocenters. The van der Waals surface area contributed by atoms with E-state index in [0.717, 1.165) is 0 Å². The molecule has 2 aromatic carbocycles. The van der Waals surface area contributed by atoms with Gasteiger partial charge in [0.15, 0.2) is 0 Å². The van der Waals surface area contributed by atoms with Crippen molar-refractivity contribution < 1.29 is 19.5 Å². The van der Waals surface area contributed by atoms with E-state index >= 15 is 0 Å². The second-order valence-electron chi connectivity index (χ2n) is 8.10. The summed E-state index contributed by atoms with van der Waals surface area (Å²) in [6.07, 6.45) is 0.333. The van der Waals surface area contributed by atoms with Crippen LogP contribution in [-0.2, 0) is 9.59 Å². The Kier molecular flexibility index (Phi) is 5.42. The number of carboxylic acids is 1. The Morgan fingerprint density at radius 1 is 1.12 bits per heavy atom. The van der Waals surface area contributed by atoms with E-state index in [0.29, 0.717) is 51.4 Å². The third kappa shape index (κ3) is 3.74. The number of carboxylic acid groups (broad SMARTS) is 1. The van der Waals surface area contributed by atoms with Crippen LogP contribution in [0.25, 0.3) is 11.0 Å². The molecule has 2 aliphatic heterocycles. The maximum Gasteiger partial charge on any atom is 0.326 e. The molecule has 0 fully saturated rings. The Morgan fingerprint density at radius 3 is 2.56 bits per heavy atom. The van der Waals surface area contributed by atoms with E-state index in [-0.39, 0.29) is 12.5 Å². The number of primary amides is 1. The van der Waals surface area contributed by atoms with Crippen molar-refractivity contribution in [3.05, 3.63) is 69.9 Å². The summed E-state index contributed by atoms with van der Waals surface area (Å²) in [5, 5.41) is 22.3. The van der Waals surface area contributed by atoms with Crippen molar-refractivity contribution in [1.82, 2.24) is 30.7 Å². The van der Waals surface area contributed by atoms with Crippen molar-refractivity contribution in [2.75, 3.05) is 13.1 Å². The Balaban J connectivity index is 1.48. The standard InChI is InChI=1S/C22H20ClN7O4/c23-13-4-1-11(2-5-13)19(20(24)31)30-17-10-29(8-7-14(17)18(27-30)22(33)34)21(32)12-3-6-15-16(9-12)26-28-25-15/h1-6,9,18-19,27H,7-8,10H2,(H2,24,31)(H,33,34)(H,25,26,28). The molecule has 0 bridgehead atoms. The highest BCUT2D eigenvalue weighted by molar-refractivity contribution is 6.30. The first kappa shape index (κ1) is 21.9. The average molecular weight is 482 g/mol. The predicted octanol–water partition coefficient (Wildman–Crippen LogP) is 1.21.